The molecule has 0 aliphatic heterocycles. The number of carbonyl (C=O) groups is 1. The van der Waals surface area contributed by atoms with E-state index in [1.54, 1.807) is 36.0 Å². The number of tetrazole rings is 1. The average Bonchev–Trinajstić information content (AvgIpc) is 2.84. The second kappa shape index (κ2) is 5.73. The maximum absolute atomic E-state index is 11.8. The molecule has 0 aliphatic rings. The molecule has 1 amide bonds. The van der Waals surface area contributed by atoms with Crippen LogP contribution in [0.3, 0.4) is 0 Å². The number of amides is 1. The van der Waals surface area contributed by atoms with Gasteiger partial charge in [0.05, 0.1) is 11.6 Å². The van der Waals surface area contributed by atoms with Gasteiger partial charge in [0, 0.05) is 25.6 Å². The summed E-state index contributed by atoms with van der Waals surface area (Å²) in [6.45, 7) is 0.434. The summed E-state index contributed by atoms with van der Waals surface area (Å²) in [4.78, 5) is 11.8. The van der Waals surface area contributed by atoms with Gasteiger partial charge in [0.15, 0.2) is 5.82 Å². The minimum absolute atomic E-state index is 0.216. The summed E-state index contributed by atoms with van der Waals surface area (Å²) in [5, 5.41) is 22.6. The summed E-state index contributed by atoms with van der Waals surface area (Å²) in [5.74, 6) is 0.485. The Morgan fingerprint density at radius 3 is 3.05 bits per heavy atom. The summed E-state index contributed by atoms with van der Waals surface area (Å²) >= 11 is 0. The van der Waals surface area contributed by atoms with E-state index in [2.05, 4.69) is 20.8 Å². The highest BCUT2D eigenvalue weighted by Crippen LogP contribution is 2.03. The smallest absolute Gasteiger partial charge is 0.251 e. The predicted molar refractivity (Wildman–Crippen MR) is 66.0 cm³/mol. The molecular formula is C12H12N6O. The van der Waals surface area contributed by atoms with Gasteiger partial charge in [0.1, 0.15) is 0 Å². The van der Waals surface area contributed by atoms with Crippen molar-refractivity contribution in [1.29, 1.82) is 5.26 Å². The minimum atomic E-state index is -0.216. The van der Waals surface area contributed by atoms with Gasteiger partial charge >= 0.3 is 0 Å². The standard InChI is InChI=1S/C12H12N6O/c1-18-11(15-16-17-18)5-6-14-12(19)10-4-2-3-9(7-10)8-13/h2-4,7H,5-6H2,1H3,(H,14,19). The van der Waals surface area contributed by atoms with Crippen molar-refractivity contribution < 1.29 is 4.79 Å². The first-order chi connectivity index (χ1) is 9.20. The molecule has 0 saturated heterocycles. The van der Waals surface area contributed by atoms with E-state index in [-0.39, 0.29) is 5.91 Å². The molecule has 1 N–H and O–H groups in total. The quantitative estimate of drug-likeness (QED) is 0.834. The summed E-state index contributed by atoms with van der Waals surface area (Å²) in [6.07, 6.45) is 0.549. The van der Waals surface area contributed by atoms with Crippen molar-refractivity contribution in [1.82, 2.24) is 25.5 Å². The van der Waals surface area contributed by atoms with Crippen LogP contribution in [-0.4, -0.2) is 32.7 Å². The Bertz CT molecular complexity index is 627. The number of nitrogens with zero attached hydrogens (tertiary/aromatic N) is 5. The van der Waals surface area contributed by atoms with Crippen LogP contribution in [0.5, 0.6) is 0 Å². The van der Waals surface area contributed by atoms with E-state index in [0.29, 0.717) is 29.9 Å². The van der Waals surface area contributed by atoms with Crippen LogP contribution in [0.4, 0.5) is 0 Å². The molecule has 2 rings (SSSR count). The first kappa shape index (κ1) is 12.7. The molecule has 1 aromatic heterocycles. The molecule has 96 valence electrons. The Morgan fingerprint density at radius 2 is 2.37 bits per heavy atom. The van der Waals surface area contributed by atoms with E-state index in [1.165, 1.54) is 0 Å². The van der Waals surface area contributed by atoms with Crippen molar-refractivity contribution in [2.24, 2.45) is 7.05 Å². The maximum Gasteiger partial charge on any atom is 0.251 e. The zero-order valence-corrected chi connectivity index (χ0v) is 10.4. The van der Waals surface area contributed by atoms with Crippen LogP contribution in [0, 0.1) is 11.3 Å². The third-order valence-corrected chi connectivity index (χ3v) is 2.60. The number of nitriles is 1. The Morgan fingerprint density at radius 1 is 1.53 bits per heavy atom. The van der Waals surface area contributed by atoms with Gasteiger partial charge in [-0.3, -0.25) is 4.79 Å². The third kappa shape index (κ3) is 3.13. The average molecular weight is 256 g/mol. The molecular weight excluding hydrogens is 244 g/mol. The van der Waals surface area contributed by atoms with Gasteiger partial charge in [-0.05, 0) is 28.6 Å². The van der Waals surface area contributed by atoms with Gasteiger partial charge < -0.3 is 5.32 Å². The largest absolute Gasteiger partial charge is 0.352 e. The Kier molecular flexibility index (Phi) is 3.83. The molecule has 0 saturated carbocycles. The van der Waals surface area contributed by atoms with Gasteiger partial charge in [-0.25, -0.2) is 4.68 Å². The number of benzene rings is 1. The lowest BCUT2D eigenvalue weighted by Gasteiger charge is -2.04. The molecule has 2 aromatic rings. The predicted octanol–water partition coefficient (Wildman–Crippen LogP) is 0.0543. The van der Waals surface area contributed by atoms with Crippen LogP contribution < -0.4 is 5.32 Å². The summed E-state index contributed by atoms with van der Waals surface area (Å²) in [6, 6.07) is 8.56. The van der Waals surface area contributed by atoms with E-state index >= 15 is 0 Å². The fourth-order valence-corrected chi connectivity index (χ4v) is 1.58. The number of hydrogen-bond acceptors (Lipinski definition) is 5. The number of aromatic nitrogens is 4. The van der Waals surface area contributed by atoms with Crippen molar-refractivity contribution in [3.05, 3.63) is 41.2 Å². The van der Waals surface area contributed by atoms with E-state index in [4.69, 9.17) is 5.26 Å². The van der Waals surface area contributed by atoms with Crippen molar-refractivity contribution in [3.8, 4) is 6.07 Å². The van der Waals surface area contributed by atoms with E-state index < -0.39 is 0 Å². The van der Waals surface area contributed by atoms with E-state index in [1.807, 2.05) is 6.07 Å². The van der Waals surface area contributed by atoms with Crippen molar-refractivity contribution >= 4 is 5.91 Å². The molecule has 19 heavy (non-hydrogen) atoms. The molecule has 7 heteroatoms. The molecule has 1 heterocycles. The van der Waals surface area contributed by atoms with E-state index in [0.717, 1.165) is 0 Å². The van der Waals surface area contributed by atoms with Crippen LogP contribution in [0.2, 0.25) is 0 Å². The summed E-state index contributed by atoms with van der Waals surface area (Å²) in [5.41, 5.74) is 0.931. The van der Waals surface area contributed by atoms with Crippen LogP contribution in [0.25, 0.3) is 0 Å². The monoisotopic (exact) mass is 256 g/mol. The zero-order valence-electron chi connectivity index (χ0n) is 10.4. The highest BCUT2D eigenvalue weighted by atomic mass is 16.1. The lowest BCUT2D eigenvalue weighted by atomic mass is 10.1. The number of nitrogens with one attached hydrogen (secondary N) is 1. The molecule has 0 bridgehead atoms. The third-order valence-electron chi connectivity index (χ3n) is 2.60. The molecule has 0 unspecified atom stereocenters. The SMILES string of the molecule is Cn1nnnc1CCNC(=O)c1cccc(C#N)c1. The van der Waals surface area contributed by atoms with Crippen LogP contribution >= 0.6 is 0 Å². The number of hydrogen-bond donors (Lipinski definition) is 1. The number of carbonyl (C=O) groups excluding carboxylic acids is 1. The lowest BCUT2D eigenvalue weighted by Crippen LogP contribution is -2.26. The molecule has 0 radical (unpaired) electrons. The highest BCUT2D eigenvalue weighted by Gasteiger charge is 2.07. The van der Waals surface area contributed by atoms with Gasteiger partial charge in [-0.15, -0.1) is 5.10 Å². The molecule has 0 aliphatic carbocycles. The molecule has 7 nitrogen and oxygen atoms in total. The maximum atomic E-state index is 11.8. The fourth-order valence-electron chi connectivity index (χ4n) is 1.58. The summed E-state index contributed by atoms with van der Waals surface area (Å²) < 4.78 is 1.56. The van der Waals surface area contributed by atoms with Crippen LogP contribution in [-0.2, 0) is 13.5 Å². The van der Waals surface area contributed by atoms with Crippen molar-refractivity contribution in [2.45, 2.75) is 6.42 Å². The zero-order chi connectivity index (χ0) is 13.7. The van der Waals surface area contributed by atoms with Crippen LogP contribution in [0.1, 0.15) is 21.7 Å². The minimum Gasteiger partial charge on any atom is -0.352 e. The number of aryl methyl sites for hydroxylation is 1. The van der Waals surface area contributed by atoms with Gasteiger partial charge in [-0.2, -0.15) is 5.26 Å². The van der Waals surface area contributed by atoms with Crippen molar-refractivity contribution in [2.75, 3.05) is 6.54 Å². The lowest BCUT2D eigenvalue weighted by molar-refractivity contribution is 0.0954. The molecule has 1 aromatic carbocycles. The normalized spacial score (nSPS) is 9.89. The van der Waals surface area contributed by atoms with Gasteiger partial charge in [0.25, 0.3) is 5.91 Å². The van der Waals surface area contributed by atoms with Gasteiger partial charge in [-0.1, -0.05) is 6.07 Å². The Labute approximate surface area is 109 Å². The topological polar surface area (TPSA) is 96.5 Å². The highest BCUT2D eigenvalue weighted by molar-refractivity contribution is 5.94. The Balaban J connectivity index is 1.91. The van der Waals surface area contributed by atoms with E-state index in [9.17, 15) is 4.79 Å². The van der Waals surface area contributed by atoms with Crippen molar-refractivity contribution in [3.63, 3.8) is 0 Å². The van der Waals surface area contributed by atoms with Gasteiger partial charge in [0.2, 0.25) is 0 Å². The summed E-state index contributed by atoms with van der Waals surface area (Å²) in [7, 11) is 1.74. The molecule has 0 atom stereocenters. The molecule has 0 spiro atoms. The molecule has 0 fully saturated rings. The first-order valence-corrected chi connectivity index (χ1v) is 5.70. The second-order valence-electron chi connectivity index (χ2n) is 3.92. The first-order valence-electron chi connectivity index (χ1n) is 5.70. The van der Waals surface area contributed by atoms with Crippen LogP contribution in [0.15, 0.2) is 24.3 Å². The number of rotatable bonds is 4. The fraction of sp³-hybridized carbons (Fsp3) is 0.250. The second-order valence-corrected chi connectivity index (χ2v) is 3.92. The Hall–Kier alpha value is -2.75.